The number of carbonyl (C=O) groups is 3. The van der Waals surface area contributed by atoms with Crippen molar-refractivity contribution in [3.8, 4) is 0 Å². The van der Waals surface area contributed by atoms with E-state index >= 15 is 0 Å². The summed E-state index contributed by atoms with van der Waals surface area (Å²) in [6.45, 7) is 2.87. The van der Waals surface area contributed by atoms with Crippen LogP contribution in [0.15, 0.2) is 42.5 Å². The lowest BCUT2D eigenvalue weighted by Crippen LogP contribution is -2.30. The van der Waals surface area contributed by atoms with Gasteiger partial charge in [-0.15, -0.1) is 0 Å². The minimum absolute atomic E-state index is 0.117. The summed E-state index contributed by atoms with van der Waals surface area (Å²) in [6.07, 6.45) is -1.05. The van der Waals surface area contributed by atoms with Gasteiger partial charge in [-0.2, -0.15) is 0 Å². The van der Waals surface area contributed by atoms with Crippen LogP contribution in [-0.4, -0.2) is 23.8 Å². The van der Waals surface area contributed by atoms with Crippen molar-refractivity contribution in [3.63, 3.8) is 0 Å². The first-order valence-electron chi connectivity index (χ1n) is 7.46. The number of carbonyl (C=O) groups excluding carboxylic acids is 3. The lowest BCUT2D eigenvalue weighted by molar-refractivity contribution is -0.123. The first kappa shape index (κ1) is 18.5. The average Bonchev–Trinajstić information content (AvgIpc) is 2.54. The lowest BCUT2D eigenvalue weighted by Gasteiger charge is -2.14. The van der Waals surface area contributed by atoms with Gasteiger partial charge in [0.25, 0.3) is 5.91 Å². The fraction of sp³-hybridized carbons (Fsp3) is 0.167. The Bertz CT molecular complexity index is 836. The van der Waals surface area contributed by atoms with Crippen molar-refractivity contribution in [1.29, 1.82) is 0 Å². The second-order valence-corrected chi connectivity index (χ2v) is 5.84. The van der Waals surface area contributed by atoms with E-state index in [-0.39, 0.29) is 17.0 Å². The Balaban J connectivity index is 2.03. The Morgan fingerprint density at radius 3 is 2.52 bits per heavy atom. The first-order valence-corrected chi connectivity index (χ1v) is 7.83. The van der Waals surface area contributed by atoms with Crippen molar-refractivity contribution < 1.29 is 19.1 Å². The van der Waals surface area contributed by atoms with Crippen LogP contribution in [-0.2, 0) is 9.53 Å². The van der Waals surface area contributed by atoms with Gasteiger partial charge in [0.2, 0.25) is 0 Å². The Morgan fingerprint density at radius 1 is 1.16 bits per heavy atom. The van der Waals surface area contributed by atoms with Crippen molar-refractivity contribution in [2.75, 3.05) is 11.1 Å². The number of hydrogen-bond donors (Lipinski definition) is 2. The molecule has 0 saturated heterocycles. The zero-order valence-electron chi connectivity index (χ0n) is 13.7. The van der Waals surface area contributed by atoms with Gasteiger partial charge < -0.3 is 15.8 Å². The summed E-state index contributed by atoms with van der Waals surface area (Å²) in [5.74, 6) is -1.37. The van der Waals surface area contributed by atoms with Crippen LogP contribution in [0.5, 0.6) is 0 Å². The van der Waals surface area contributed by atoms with Gasteiger partial charge >= 0.3 is 5.97 Å². The van der Waals surface area contributed by atoms with Crippen LogP contribution in [0.3, 0.4) is 0 Å². The number of anilines is 2. The second-order valence-electron chi connectivity index (χ2n) is 5.41. The van der Waals surface area contributed by atoms with Gasteiger partial charge in [0.15, 0.2) is 11.9 Å². The maximum absolute atomic E-state index is 12.2. The zero-order chi connectivity index (χ0) is 18.6. The number of Topliss-reactive ketones (excluding diaryl/α,β-unsaturated/α-hetero) is 1. The third-order valence-corrected chi connectivity index (χ3v) is 3.66. The number of ether oxygens (including phenoxy) is 1. The molecule has 0 spiro atoms. The highest BCUT2D eigenvalue weighted by Gasteiger charge is 2.20. The Morgan fingerprint density at radius 2 is 1.88 bits per heavy atom. The van der Waals surface area contributed by atoms with E-state index in [0.29, 0.717) is 16.3 Å². The van der Waals surface area contributed by atoms with Gasteiger partial charge in [-0.1, -0.05) is 23.7 Å². The zero-order valence-corrected chi connectivity index (χ0v) is 14.5. The Labute approximate surface area is 149 Å². The Hall–Kier alpha value is -2.86. The molecule has 7 heteroatoms. The average molecular weight is 361 g/mol. The molecular weight excluding hydrogens is 344 g/mol. The SMILES string of the molecule is CC(=O)c1cccc(NC(=O)[C@@H](C)OC(=O)c2ccc(Cl)cc2N)c1. The molecule has 0 unspecified atom stereocenters. The molecule has 130 valence electrons. The van der Waals surface area contributed by atoms with Crippen LogP contribution in [0.25, 0.3) is 0 Å². The summed E-state index contributed by atoms with van der Waals surface area (Å²) >= 11 is 5.78. The summed E-state index contributed by atoms with van der Waals surface area (Å²) in [4.78, 5) is 35.7. The van der Waals surface area contributed by atoms with Crippen molar-refractivity contribution in [1.82, 2.24) is 0 Å². The van der Waals surface area contributed by atoms with Gasteiger partial charge in [0.1, 0.15) is 0 Å². The van der Waals surface area contributed by atoms with Gasteiger partial charge in [-0.3, -0.25) is 9.59 Å². The molecule has 3 N–H and O–H groups in total. The van der Waals surface area contributed by atoms with Crippen molar-refractivity contribution >= 4 is 40.6 Å². The lowest BCUT2D eigenvalue weighted by atomic mass is 10.1. The molecule has 2 aromatic carbocycles. The van der Waals surface area contributed by atoms with Crippen LogP contribution >= 0.6 is 11.6 Å². The molecule has 2 aromatic rings. The summed E-state index contributed by atoms with van der Waals surface area (Å²) in [5, 5.41) is 2.99. The largest absolute Gasteiger partial charge is 0.449 e. The minimum Gasteiger partial charge on any atom is -0.449 e. The molecular formula is C18H17ClN2O4. The van der Waals surface area contributed by atoms with E-state index in [1.807, 2.05) is 0 Å². The molecule has 0 fully saturated rings. The summed E-state index contributed by atoms with van der Waals surface area (Å²) in [6, 6.07) is 10.8. The topological polar surface area (TPSA) is 98.5 Å². The number of hydrogen-bond acceptors (Lipinski definition) is 5. The number of ketones is 1. The number of amides is 1. The highest BCUT2D eigenvalue weighted by molar-refractivity contribution is 6.31. The predicted octanol–water partition coefficient (Wildman–Crippen LogP) is 3.31. The number of nitrogens with two attached hydrogens (primary N) is 1. The highest BCUT2D eigenvalue weighted by atomic mass is 35.5. The van der Waals surface area contributed by atoms with Crippen molar-refractivity contribution in [2.45, 2.75) is 20.0 Å². The normalized spacial score (nSPS) is 11.5. The predicted molar refractivity (Wildman–Crippen MR) is 95.8 cm³/mol. The molecule has 0 aromatic heterocycles. The fourth-order valence-corrected chi connectivity index (χ4v) is 2.24. The van der Waals surface area contributed by atoms with E-state index in [9.17, 15) is 14.4 Å². The van der Waals surface area contributed by atoms with Crippen molar-refractivity contribution in [2.24, 2.45) is 0 Å². The third-order valence-electron chi connectivity index (χ3n) is 3.42. The molecule has 0 aliphatic rings. The molecule has 0 aliphatic carbocycles. The fourth-order valence-electron chi connectivity index (χ4n) is 2.06. The molecule has 1 amide bonds. The van der Waals surface area contributed by atoms with Gasteiger partial charge in [0, 0.05) is 22.0 Å². The molecule has 25 heavy (non-hydrogen) atoms. The second kappa shape index (κ2) is 7.81. The number of esters is 1. The molecule has 0 radical (unpaired) electrons. The number of benzene rings is 2. The quantitative estimate of drug-likeness (QED) is 0.484. The summed E-state index contributed by atoms with van der Waals surface area (Å²) < 4.78 is 5.13. The minimum atomic E-state index is -1.05. The molecule has 6 nitrogen and oxygen atoms in total. The van der Waals surface area contributed by atoms with Crippen LogP contribution in [0.1, 0.15) is 34.6 Å². The number of nitrogens with one attached hydrogen (secondary N) is 1. The van der Waals surface area contributed by atoms with Gasteiger partial charge in [0.05, 0.1) is 5.56 Å². The van der Waals surface area contributed by atoms with Crippen LogP contribution in [0.2, 0.25) is 5.02 Å². The van der Waals surface area contributed by atoms with Crippen LogP contribution in [0.4, 0.5) is 11.4 Å². The van der Waals surface area contributed by atoms with E-state index in [1.54, 1.807) is 24.3 Å². The number of halogens is 1. The number of nitrogen functional groups attached to an aromatic ring is 1. The van der Waals surface area contributed by atoms with Crippen LogP contribution < -0.4 is 11.1 Å². The van der Waals surface area contributed by atoms with E-state index in [4.69, 9.17) is 22.1 Å². The standard InChI is InChI=1S/C18H17ClN2O4/c1-10(22)12-4-3-5-14(8-12)21-17(23)11(2)25-18(24)15-7-6-13(19)9-16(15)20/h3-9,11H,20H2,1-2H3,(H,21,23)/t11-/m1/s1. The maximum Gasteiger partial charge on any atom is 0.341 e. The van der Waals surface area contributed by atoms with E-state index < -0.39 is 18.0 Å². The van der Waals surface area contributed by atoms with Crippen LogP contribution in [0, 0.1) is 0 Å². The van der Waals surface area contributed by atoms with E-state index in [2.05, 4.69) is 5.32 Å². The van der Waals surface area contributed by atoms with E-state index in [0.717, 1.165) is 0 Å². The first-order chi connectivity index (χ1) is 11.8. The van der Waals surface area contributed by atoms with E-state index in [1.165, 1.54) is 32.0 Å². The summed E-state index contributed by atoms with van der Waals surface area (Å²) in [5.41, 5.74) is 6.92. The molecule has 1 atom stereocenters. The Kier molecular flexibility index (Phi) is 5.77. The van der Waals surface area contributed by atoms with Gasteiger partial charge in [-0.05, 0) is 44.2 Å². The van der Waals surface area contributed by atoms with Crippen molar-refractivity contribution in [3.05, 3.63) is 58.6 Å². The molecule has 0 saturated carbocycles. The van der Waals surface area contributed by atoms with Gasteiger partial charge in [-0.25, -0.2) is 4.79 Å². The number of rotatable bonds is 5. The molecule has 2 rings (SSSR count). The maximum atomic E-state index is 12.2. The molecule has 0 heterocycles. The summed E-state index contributed by atoms with van der Waals surface area (Å²) in [7, 11) is 0. The monoisotopic (exact) mass is 360 g/mol. The third kappa shape index (κ3) is 4.81. The smallest absolute Gasteiger partial charge is 0.341 e. The highest BCUT2D eigenvalue weighted by Crippen LogP contribution is 2.19. The molecule has 0 bridgehead atoms. The molecule has 0 aliphatic heterocycles.